The Bertz CT molecular complexity index is 411. The van der Waals surface area contributed by atoms with Crippen LogP contribution in [0.25, 0.3) is 0 Å². The fourth-order valence-corrected chi connectivity index (χ4v) is 1.99. The molecule has 5 nitrogen and oxygen atoms in total. The highest BCUT2D eigenvalue weighted by Gasteiger charge is 2.41. The molecule has 96 valence electrons. The van der Waals surface area contributed by atoms with E-state index in [1.54, 1.807) is 0 Å². The second kappa shape index (κ2) is 4.12. The summed E-state index contributed by atoms with van der Waals surface area (Å²) in [5.74, 6) is 0.877. The minimum absolute atomic E-state index is 0.184. The van der Waals surface area contributed by atoms with Crippen molar-refractivity contribution in [1.29, 1.82) is 0 Å². The van der Waals surface area contributed by atoms with E-state index in [1.807, 2.05) is 24.3 Å². The highest BCUT2D eigenvalue weighted by atomic mass is 16.6. The summed E-state index contributed by atoms with van der Waals surface area (Å²) in [6.45, 7) is 3.04. The van der Waals surface area contributed by atoms with Gasteiger partial charge in [-0.2, -0.15) is 0 Å². The van der Waals surface area contributed by atoms with Crippen LogP contribution in [0.2, 0.25) is 0 Å². The molecule has 5 heteroatoms. The lowest BCUT2D eigenvalue weighted by molar-refractivity contribution is 0.263. The Balaban J connectivity index is 1.43. The van der Waals surface area contributed by atoms with Gasteiger partial charge in [-0.25, -0.2) is 0 Å². The van der Waals surface area contributed by atoms with Crippen LogP contribution in [0.5, 0.6) is 5.75 Å². The lowest BCUT2D eigenvalue weighted by Gasteiger charge is -2.20. The molecule has 3 aliphatic heterocycles. The number of epoxide rings is 3. The van der Waals surface area contributed by atoms with Crippen LogP contribution < -0.4 is 9.64 Å². The van der Waals surface area contributed by atoms with Gasteiger partial charge >= 0.3 is 0 Å². The molecule has 0 radical (unpaired) electrons. The van der Waals surface area contributed by atoms with Crippen LogP contribution in [0.15, 0.2) is 24.3 Å². The molecule has 0 bridgehead atoms. The number of hydrogen-bond donors (Lipinski definition) is 0. The lowest BCUT2D eigenvalue weighted by atomic mass is 10.2. The summed E-state index contributed by atoms with van der Waals surface area (Å²) in [5, 5.41) is 0. The van der Waals surface area contributed by atoms with Gasteiger partial charge in [0.05, 0.1) is 19.8 Å². The molecular formula is C13H15NO4. The maximum atomic E-state index is 5.61. The number of ether oxygens (including phenoxy) is 4. The average molecular weight is 249 g/mol. The van der Waals surface area contributed by atoms with Crippen LogP contribution in [0, 0.1) is 0 Å². The molecule has 0 spiro atoms. The van der Waals surface area contributed by atoms with Crippen molar-refractivity contribution >= 4 is 5.69 Å². The minimum Gasteiger partial charge on any atom is -0.491 e. The summed E-state index contributed by atoms with van der Waals surface area (Å²) in [7, 11) is 0. The molecule has 0 N–H and O–H groups in total. The molecular weight excluding hydrogens is 234 g/mol. The van der Waals surface area contributed by atoms with Crippen LogP contribution in [-0.2, 0) is 14.2 Å². The maximum absolute atomic E-state index is 5.61. The van der Waals surface area contributed by atoms with Crippen molar-refractivity contribution in [1.82, 2.24) is 0 Å². The van der Waals surface area contributed by atoms with Gasteiger partial charge in [-0.05, 0) is 24.3 Å². The summed E-state index contributed by atoms with van der Waals surface area (Å²) in [6.07, 6.45) is 0.661. The molecule has 1 aromatic carbocycles. The first-order chi connectivity index (χ1) is 8.90. The van der Waals surface area contributed by atoms with E-state index in [0.29, 0.717) is 12.7 Å². The van der Waals surface area contributed by atoms with Gasteiger partial charge in [0.25, 0.3) is 0 Å². The van der Waals surface area contributed by atoms with E-state index >= 15 is 0 Å². The Morgan fingerprint density at radius 3 is 2.11 bits per heavy atom. The second-order valence-corrected chi connectivity index (χ2v) is 4.74. The van der Waals surface area contributed by atoms with Gasteiger partial charge in [0.1, 0.15) is 18.5 Å². The molecule has 4 rings (SSSR count). The molecule has 3 fully saturated rings. The average Bonchev–Trinajstić information content (AvgIpc) is 3.27. The Hall–Kier alpha value is -1.30. The number of benzene rings is 1. The number of hydrogen-bond acceptors (Lipinski definition) is 5. The second-order valence-electron chi connectivity index (χ2n) is 4.74. The lowest BCUT2D eigenvalue weighted by Crippen LogP contribution is -2.29. The van der Waals surface area contributed by atoms with Crippen molar-refractivity contribution in [3.8, 4) is 5.75 Å². The SMILES string of the molecule is c1cc(N(C2CO2)C2CO2)ccc1OCC1CO1. The van der Waals surface area contributed by atoms with Crippen molar-refractivity contribution < 1.29 is 18.9 Å². The summed E-state index contributed by atoms with van der Waals surface area (Å²) < 4.78 is 21.4. The molecule has 3 saturated heterocycles. The molecule has 0 aliphatic carbocycles. The van der Waals surface area contributed by atoms with E-state index in [4.69, 9.17) is 18.9 Å². The summed E-state index contributed by atoms with van der Waals surface area (Å²) in [4.78, 5) is 2.17. The van der Waals surface area contributed by atoms with Gasteiger partial charge in [-0.1, -0.05) is 0 Å². The number of anilines is 1. The molecule has 3 atom stereocenters. The Kier molecular flexibility index (Phi) is 2.43. The molecule has 0 amide bonds. The zero-order valence-corrected chi connectivity index (χ0v) is 9.95. The molecule has 3 heterocycles. The smallest absolute Gasteiger partial charge is 0.156 e. The highest BCUT2D eigenvalue weighted by molar-refractivity contribution is 5.51. The quantitative estimate of drug-likeness (QED) is 0.703. The highest BCUT2D eigenvalue weighted by Crippen LogP contribution is 2.32. The van der Waals surface area contributed by atoms with Crippen LogP contribution in [0.4, 0.5) is 5.69 Å². The zero-order valence-electron chi connectivity index (χ0n) is 9.95. The molecule has 3 aliphatic rings. The standard InChI is InChI=1S/C13H15NO4/c1-3-10(15-5-11-6-16-11)4-2-9(1)14(12-7-17-12)13-8-18-13/h1-4,11-13H,5-8H2. The maximum Gasteiger partial charge on any atom is 0.156 e. The topological polar surface area (TPSA) is 50.1 Å². The van der Waals surface area contributed by atoms with Crippen molar-refractivity contribution in [3.05, 3.63) is 24.3 Å². The Morgan fingerprint density at radius 1 is 1.00 bits per heavy atom. The molecule has 1 aromatic rings. The number of nitrogens with zero attached hydrogens (tertiary/aromatic N) is 1. The van der Waals surface area contributed by atoms with Gasteiger partial charge in [0, 0.05) is 5.69 Å². The van der Waals surface area contributed by atoms with Crippen molar-refractivity contribution in [2.45, 2.75) is 18.6 Å². The van der Waals surface area contributed by atoms with Gasteiger partial charge in [0.2, 0.25) is 0 Å². The van der Waals surface area contributed by atoms with Gasteiger partial charge < -0.3 is 23.8 Å². The van der Waals surface area contributed by atoms with Crippen LogP contribution in [0.1, 0.15) is 0 Å². The number of rotatable bonds is 6. The zero-order chi connectivity index (χ0) is 11.9. The molecule has 0 aromatic heterocycles. The van der Waals surface area contributed by atoms with Gasteiger partial charge in [-0.15, -0.1) is 0 Å². The molecule has 18 heavy (non-hydrogen) atoms. The van der Waals surface area contributed by atoms with Crippen LogP contribution in [-0.4, -0.2) is 45.0 Å². The summed E-state index contributed by atoms with van der Waals surface area (Å²) in [5.41, 5.74) is 1.12. The van der Waals surface area contributed by atoms with Crippen molar-refractivity contribution in [3.63, 3.8) is 0 Å². The Labute approximate surface area is 105 Å². The van der Waals surface area contributed by atoms with E-state index in [-0.39, 0.29) is 12.5 Å². The van der Waals surface area contributed by atoms with E-state index < -0.39 is 0 Å². The van der Waals surface area contributed by atoms with E-state index in [9.17, 15) is 0 Å². The van der Waals surface area contributed by atoms with Crippen molar-refractivity contribution in [2.24, 2.45) is 0 Å². The van der Waals surface area contributed by atoms with Crippen molar-refractivity contribution in [2.75, 3.05) is 31.3 Å². The Morgan fingerprint density at radius 2 is 1.61 bits per heavy atom. The predicted molar refractivity (Wildman–Crippen MR) is 63.6 cm³/mol. The van der Waals surface area contributed by atoms with E-state index in [0.717, 1.165) is 31.3 Å². The molecule has 0 saturated carbocycles. The largest absolute Gasteiger partial charge is 0.491 e. The first kappa shape index (κ1) is 10.6. The third-order valence-electron chi connectivity index (χ3n) is 3.23. The third-order valence-corrected chi connectivity index (χ3v) is 3.23. The molecule has 3 unspecified atom stereocenters. The van der Waals surface area contributed by atoms with E-state index in [2.05, 4.69) is 4.90 Å². The van der Waals surface area contributed by atoms with Gasteiger partial charge in [-0.3, -0.25) is 0 Å². The third kappa shape index (κ3) is 2.29. The fourth-order valence-electron chi connectivity index (χ4n) is 1.99. The van der Waals surface area contributed by atoms with Crippen LogP contribution >= 0.6 is 0 Å². The first-order valence-electron chi connectivity index (χ1n) is 6.26. The normalized spacial score (nSPS) is 31.9. The van der Waals surface area contributed by atoms with Gasteiger partial charge in [0.15, 0.2) is 12.5 Å². The minimum atomic E-state index is 0.184. The van der Waals surface area contributed by atoms with E-state index in [1.165, 1.54) is 0 Å². The summed E-state index contributed by atoms with van der Waals surface area (Å²) >= 11 is 0. The first-order valence-corrected chi connectivity index (χ1v) is 6.26. The fraction of sp³-hybridized carbons (Fsp3) is 0.538. The van der Waals surface area contributed by atoms with Crippen LogP contribution in [0.3, 0.4) is 0 Å². The summed E-state index contributed by atoms with van der Waals surface area (Å²) in [6, 6.07) is 8.06. The monoisotopic (exact) mass is 249 g/mol. The predicted octanol–water partition coefficient (Wildman–Crippen LogP) is 0.983.